The quantitative estimate of drug-likeness (QED) is 0.444. The molecule has 110 valence electrons. The van der Waals surface area contributed by atoms with E-state index in [0.29, 0.717) is 6.07 Å². The molecule has 0 aliphatic carbocycles. The highest BCUT2D eigenvalue weighted by molar-refractivity contribution is 7.09. The summed E-state index contributed by atoms with van der Waals surface area (Å²) in [7, 11) is 0. The Morgan fingerprint density at radius 2 is 2.24 bits per heavy atom. The highest BCUT2D eigenvalue weighted by Gasteiger charge is 2.23. The van der Waals surface area contributed by atoms with Gasteiger partial charge in [-0.3, -0.25) is 20.8 Å². The van der Waals surface area contributed by atoms with Crippen LogP contribution in [0.15, 0.2) is 29.6 Å². The number of nitro groups is 1. The minimum Gasteiger partial charge on any atom is -0.347 e. The number of hydrogen-bond acceptors (Lipinski definition) is 6. The third kappa shape index (κ3) is 3.33. The number of nitrogens with two attached hydrogens (primary N) is 1. The molecule has 1 heterocycles. The van der Waals surface area contributed by atoms with E-state index in [1.807, 2.05) is 17.5 Å². The number of nitrogens with one attached hydrogen (secondary N) is 2. The number of nitrogens with zero attached hydrogens (tertiary/aromatic N) is 1. The molecule has 0 saturated heterocycles. The average Bonchev–Trinajstić information content (AvgIpc) is 2.97. The van der Waals surface area contributed by atoms with Crippen LogP contribution in [0.5, 0.6) is 0 Å². The number of halogens is 1. The standard InChI is InChI=1S/C12H11FN4O3S/c13-9-5-11(17(19)20)8(4-10(9)16-14)12(18)15-6-7-2-1-3-21-7/h1-5,16H,6,14H2,(H,15,18). The second-order valence-electron chi connectivity index (χ2n) is 4.01. The molecule has 21 heavy (non-hydrogen) atoms. The van der Waals surface area contributed by atoms with Gasteiger partial charge in [0.05, 0.1) is 23.2 Å². The lowest BCUT2D eigenvalue weighted by Crippen LogP contribution is -2.24. The van der Waals surface area contributed by atoms with Gasteiger partial charge in [0.15, 0.2) is 5.82 Å². The zero-order valence-electron chi connectivity index (χ0n) is 10.6. The lowest BCUT2D eigenvalue weighted by molar-refractivity contribution is -0.385. The lowest BCUT2D eigenvalue weighted by Gasteiger charge is -2.08. The highest BCUT2D eigenvalue weighted by Crippen LogP contribution is 2.25. The Morgan fingerprint density at radius 3 is 2.81 bits per heavy atom. The number of thiophene rings is 1. The van der Waals surface area contributed by atoms with Crippen LogP contribution in [0.2, 0.25) is 0 Å². The Balaban J connectivity index is 2.27. The molecule has 4 N–H and O–H groups in total. The molecule has 0 bridgehead atoms. The number of hydrogen-bond donors (Lipinski definition) is 3. The normalized spacial score (nSPS) is 10.2. The molecule has 0 aliphatic rings. The number of carbonyl (C=O) groups excluding carboxylic acids is 1. The van der Waals surface area contributed by atoms with Crippen LogP contribution in [-0.4, -0.2) is 10.8 Å². The predicted octanol–water partition coefficient (Wildman–Crippen LogP) is 2.01. The molecule has 2 aromatic rings. The summed E-state index contributed by atoms with van der Waals surface area (Å²) in [6.45, 7) is 0.233. The lowest BCUT2D eigenvalue weighted by atomic mass is 10.1. The molecular weight excluding hydrogens is 299 g/mol. The Morgan fingerprint density at radius 1 is 1.48 bits per heavy atom. The van der Waals surface area contributed by atoms with E-state index < -0.39 is 22.3 Å². The fraction of sp³-hybridized carbons (Fsp3) is 0.0833. The van der Waals surface area contributed by atoms with Crippen LogP contribution in [0.25, 0.3) is 0 Å². The van der Waals surface area contributed by atoms with Gasteiger partial charge < -0.3 is 10.7 Å². The molecular formula is C12H11FN4O3S. The molecule has 0 spiro atoms. The van der Waals surface area contributed by atoms with Crippen LogP contribution in [0.1, 0.15) is 15.2 Å². The summed E-state index contributed by atoms with van der Waals surface area (Å²) < 4.78 is 13.5. The molecule has 1 aromatic carbocycles. The van der Waals surface area contributed by atoms with Crippen molar-refractivity contribution < 1.29 is 14.1 Å². The van der Waals surface area contributed by atoms with Gasteiger partial charge in [-0.15, -0.1) is 11.3 Å². The third-order valence-electron chi connectivity index (χ3n) is 2.69. The van der Waals surface area contributed by atoms with Crippen molar-refractivity contribution >= 4 is 28.6 Å². The fourth-order valence-corrected chi connectivity index (χ4v) is 2.33. The van der Waals surface area contributed by atoms with Crippen molar-refractivity contribution in [1.82, 2.24) is 5.32 Å². The number of amides is 1. The molecule has 9 heteroatoms. The molecule has 2 rings (SSSR count). The number of nitro benzene ring substituents is 1. The van der Waals surface area contributed by atoms with E-state index in [4.69, 9.17) is 5.84 Å². The molecule has 0 radical (unpaired) electrons. The molecule has 0 aliphatic heterocycles. The Kier molecular flexibility index (Phi) is 4.45. The highest BCUT2D eigenvalue weighted by atomic mass is 32.1. The summed E-state index contributed by atoms with van der Waals surface area (Å²) in [6, 6.07) is 5.31. The van der Waals surface area contributed by atoms with Gasteiger partial charge in [0.25, 0.3) is 11.6 Å². The number of hydrazine groups is 1. The predicted molar refractivity (Wildman–Crippen MR) is 76.4 cm³/mol. The molecule has 1 aromatic heterocycles. The second-order valence-corrected chi connectivity index (χ2v) is 5.04. The number of anilines is 1. The minimum atomic E-state index is -0.904. The van der Waals surface area contributed by atoms with E-state index in [1.54, 1.807) is 0 Å². The first-order valence-electron chi connectivity index (χ1n) is 5.78. The van der Waals surface area contributed by atoms with Gasteiger partial charge in [-0.25, -0.2) is 4.39 Å². The molecule has 0 unspecified atom stereocenters. The summed E-state index contributed by atoms with van der Waals surface area (Å²) in [5.74, 6) is 3.53. The van der Waals surface area contributed by atoms with Crippen LogP contribution in [0, 0.1) is 15.9 Å². The molecule has 0 saturated carbocycles. The fourth-order valence-electron chi connectivity index (χ4n) is 1.68. The summed E-state index contributed by atoms with van der Waals surface area (Å²) in [4.78, 5) is 23.0. The van der Waals surface area contributed by atoms with Crippen LogP contribution in [0.3, 0.4) is 0 Å². The van der Waals surface area contributed by atoms with E-state index in [2.05, 4.69) is 10.7 Å². The van der Waals surface area contributed by atoms with E-state index in [1.165, 1.54) is 11.3 Å². The van der Waals surface area contributed by atoms with Crippen molar-refractivity contribution in [2.75, 3.05) is 5.43 Å². The maximum Gasteiger partial charge on any atom is 0.285 e. The first-order chi connectivity index (χ1) is 10.0. The van der Waals surface area contributed by atoms with Gasteiger partial charge in [0.1, 0.15) is 5.56 Å². The van der Waals surface area contributed by atoms with Gasteiger partial charge >= 0.3 is 0 Å². The Labute approximate surface area is 122 Å². The van der Waals surface area contributed by atoms with E-state index >= 15 is 0 Å². The molecule has 0 atom stereocenters. The van der Waals surface area contributed by atoms with Crippen molar-refractivity contribution in [2.45, 2.75) is 6.54 Å². The van der Waals surface area contributed by atoms with Gasteiger partial charge in [0.2, 0.25) is 0 Å². The van der Waals surface area contributed by atoms with Gasteiger partial charge in [-0.05, 0) is 17.5 Å². The molecule has 0 fully saturated rings. The smallest absolute Gasteiger partial charge is 0.285 e. The topological polar surface area (TPSA) is 110 Å². The van der Waals surface area contributed by atoms with Gasteiger partial charge in [0, 0.05) is 4.88 Å². The molecule has 1 amide bonds. The largest absolute Gasteiger partial charge is 0.347 e. The van der Waals surface area contributed by atoms with Crippen molar-refractivity contribution in [3.63, 3.8) is 0 Å². The van der Waals surface area contributed by atoms with Gasteiger partial charge in [-0.2, -0.15) is 0 Å². The van der Waals surface area contributed by atoms with Crippen LogP contribution >= 0.6 is 11.3 Å². The van der Waals surface area contributed by atoms with Crippen LogP contribution in [-0.2, 0) is 6.54 Å². The van der Waals surface area contributed by atoms with Crippen molar-refractivity contribution in [1.29, 1.82) is 0 Å². The first kappa shape index (κ1) is 14.9. The van der Waals surface area contributed by atoms with Crippen molar-refractivity contribution in [3.8, 4) is 0 Å². The second kappa shape index (κ2) is 6.29. The number of benzene rings is 1. The Hall–Kier alpha value is -2.52. The van der Waals surface area contributed by atoms with Crippen molar-refractivity contribution in [2.24, 2.45) is 5.84 Å². The number of nitrogen functional groups attached to an aromatic ring is 1. The maximum absolute atomic E-state index is 13.5. The average molecular weight is 310 g/mol. The van der Waals surface area contributed by atoms with Crippen molar-refractivity contribution in [3.05, 3.63) is 56.0 Å². The Bertz CT molecular complexity index is 675. The molecule has 7 nitrogen and oxygen atoms in total. The van der Waals surface area contributed by atoms with Gasteiger partial charge in [-0.1, -0.05) is 6.07 Å². The zero-order chi connectivity index (χ0) is 15.4. The summed E-state index contributed by atoms with van der Waals surface area (Å²) in [5.41, 5.74) is 0.984. The maximum atomic E-state index is 13.5. The van der Waals surface area contributed by atoms with E-state index in [9.17, 15) is 19.3 Å². The van der Waals surface area contributed by atoms with Crippen LogP contribution in [0.4, 0.5) is 15.8 Å². The summed E-state index contributed by atoms with van der Waals surface area (Å²) in [6.07, 6.45) is 0. The van der Waals surface area contributed by atoms with Crippen LogP contribution < -0.4 is 16.6 Å². The van der Waals surface area contributed by atoms with E-state index in [-0.39, 0.29) is 17.8 Å². The number of rotatable bonds is 5. The SMILES string of the molecule is NNc1cc(C(=O)NCc2cccs2)c([N+](=O)[O-])cc1F. The minimum absolute atomic E-state index is 0.193. The third-order valence-corrected chi connectivity index (χ3v) is 3.56. The summed E-state index contributed by atoms with van der Waals surface area (Å²) >= 11 is 1.44. The number of carbonyl (C=O) groups is 1. The summed E-state index contributed by atoms with van der Waals surface area (Å²) in [5, 5.41) is 15.3. The zero-order valence-corrected chi connectivity index (χ0v) is 11.4. The van der Waals surface area contributed by atoms with E-state index in [0.717, 1.165) is 10.9 Å². The first-order valence-corrected chi connectivity index (χ1v) is 6.66. The monoisotopic (exact) mass is 310 g/mol.